The molecule has 0 spiro atoms. The molecule has 1 radical (unpaired) electrons. The second-order valence-corrected chi connectivity index (χ2v) is 5.18. The number of benzene rings is 2. The maximum atomic E-state index is 12.7. The minimum atomic E-state index is -0.0967. The maximum Gasteiger partial charge on any atom is 0.262 e. The van der Waals surface area contributed by atoms with Gasteiger partial charge in [0.2, 0.25) is 0 Å². The lowest BCUT2D eigenvalue weighted by Gasteiger charge is -2.07. The molecule has 4 heteroatoms. The molecule has 21 heavy (non-hydrogen) atoms. The molecule has 1 heterocycles. The van der Waals surface area contributed by atoms with Crippen molar-refractivity contribution in [2.45, 2.75) is 6.92 Å². The van der Waals surface area contributed by atoms with Crippen LogP contribution in [-0.4, -0.2) is 17.6 Å². The van der Waals surface area contributed by atoms with E-state index < -0.39 is 0 Å². The van der Waals surface area contributed by atoms with Crippen LogP contribution in [0.2, 0.25) is 5.02 Å². The van der Waals surface area contributed by atoms with E-state index in [1.807, 2.05) is 25.1 Å². The molecular formula is C17H13ClNO2. The highest BCUT2D eigenvalue weighted by Crippen LogP contribution is 2.25. The number of aryl methyl sites for hydroxylation is 1. The number of carbonyl (C=O) groups is 1. The third kappa shape index (κ3) is 2.41. The van der Waals surface area contributed by atoms with Gasteiger partial charge in [0.15, 0.2) is 0 Å². The Morgan fingerprint density at radius 1 is 1.19 bits per heavy atom. The third-order valence-corrected chi connectivity index (χ3v) is 3.64. The van der Waals surface area contributed by atoms with Crippen LogP contribution in [0.1, 0.15) is 16.1 Å². The Morgan fingerprint density at radius 3 is 2.57 bits per heavy atom. The van der Waals surface area contributed by atoms with Gasteiger partial charge in [0.05, 0.1) is 12.6 Å². The highest BCUT2D eigenvalue weighted by Gasteiger charge is 2.15. The molecule has 0 aliphatic carbocycles. The molecule has 0 amide bonds. The quantitative estimate of drug-likeness (QED) is 0.713. The fraction of sp³-hybridized carbons (Fsp3) is 0.118. The van der Waals surface area contributed by atoms with Crippen molar-refractivity contribution < 1.29 is 9.53 Å². The first-order chi connectivity index (χ1) is 10.1. The van der Waals surface area contributed by atoms with Gasteiger partial charge in [-0.25, -0.2) is 0 Å². The Bertz CT molecular complexity index is 819. The van der Waals surface area contributed by atoms with E-state index in [9.17, 15) is 4.79 Å². The number of rotatable bonds is 2. The summed E-state index contributed by atoms with van der Waals surface area (Å²) in [5, 5.41) is 1.46. The van der Waals surface area contributed by atoms with Gasteiger partial charge in [0.25, 0.3) is 5.91 Å². The Labute approximate surface area is 127 Å². The molecule has 0 saturated carbocycles. The molecule has 1 aromatic heterocycles. The maximum absolute atomic E-state index is 12.7. The minimum absolute atomic E-state index is 0.0967. The molecule has 3 nitrogen and oxygen atoms in total. The van der Waals surface area contributed by atoms with Crippen molar-refractivity contribution >= 4 is 28.4 Å². The van der Waals surface area contributed by atoms with Crippen LogP contribution < -0.4 is 4.74 Å². The molecule has 3 aromatic rings. The summed E-state index contributed by atoms with van der Waals surface area (Å²) in [6.45, 7) is 1.86. The third-order valence-electron chi connectivity index (χ3n) is 3.39. The van der Waals surface area contributed by atoms with Crippen LogP contribution in [0.5, 0.6) is 5.75 Å². The Hall–Kier alpha value is -2.26. The normalized spacial score (nSPS) is 10.8. The van der Waals surface area contributed by atoms with Crippen molar-refractivity contribution in [1.82, 2.24) is 4.57 Å². The zero-order valence-electron chi connectivity index (χ0n) is 11.7. The van der Waals surface area contributed by atoms with Crippen LogP contribution in [0.4, 0.5) is 0 Å². The van der Waals surface area contributed by atoms with E-state index in [-0.39, 0.29) is 5.91 Å². The van der Waals surface area contributed by atoms with E-state index in [0.29, 0.717) is 10.6 Å². The number of methoxy groups -OCH3 is 1. The number of nitrogens with zero attached hydrogens (tertiary/aromatic N) is 1. The predicted molar refractivity (Wildman–Crippen MR) is 83.2 cm³/mol. The molecule has 0 N–H and O–H groups in total. The lowest BCUT2D eigenvalue weighted by molar-refractivity contribution is 0.0963. The van der Waals surface area contributed by atoms with E-state index in [1.165, 1.54) is 0 Å². The second-order valence-electron chi connectivity index (χ2n) is 4.74. The van der Waals surface area contributed by atoms with Crippen molar-refractivity contribution in [2.75, 3.05) is 7.11 Å². The van der Waals surface area contributed by atoms with Crippen molar-refractivity contribution in [3.8, 4) is 5.75 Å². The van der Waals surface area contributed by atoms with E-state index >= 15 is 0 Å². The zero-order valence-corrected chi connectivity index (χ0v) is 12.4. The fourth-order valence-electron chi connectivity index (χ4n) is 2.35. The first-order valence-corrected chi connectivity index (χ1v) is 6.86. The first-order valence-electron chi connectivity index (χ1n) is 6.49. The van der Waals surface area contributed by atoms with Crippen LogP contribution in [0.3, 0.4) is 0 Å². The summed E-state index contributed by atoms with van der Waals surface area (Å²) in [6.07, 6.45) is 0. The van der Waals surface area contributed by atoms with Crippen LogP contribution in [-0.2, 0) is 0 Å². The SMILES string of the molecule is COc1ccc2c([c]c(C)n2C(=O)c2ccc(Cl)cc2)c1. The molecule has 0 bridgehead atoms. The lowest BCUT2D eigenvalue weighted by Crippen LogP contribution is -2.13. The van der Waals surface area contributed by atoms with Gasteiger partial charge in [-0.2, -0.15) is 0 Å². The molecular weight excluding hydrogens is 286 g/mol. The molecule has 0 aliphatic heterocycles. The highest BCUT2D eigenvalue weighted by molar-refractivity contribution is 6.30. The number of hydrogen-bond acceptors (Lipinski definition) is 2. The number of halogens is 1. The zero-order chi connectivity index (χ0) is 15.0. The van der Waals surface area contributed by atoms with Gasteiger partial charge in [-0.15, -0.1) is 0 Å². The van der Waals surface area contributed by atoms with Crippen LogP contribution in [0.25, 0.3) is 10.9 Å². The van der Waals surface area contributed by atoms with E-state index in [2.05, 4.69) is 6.07 Å². The molecule has 0 atom stereocenters. The number of fused-ring (bicyclic) bond motifs is 1. The Kier molecular flexibility index (Phi) is 3.43. The molecule has 105 valence electrons. The topological polar surface area (TPSA) is 31.2 Å². The number of aromatic nitrogens is 1. The van der Waals surface area contributed by atoms with Gasteiger partial charge < -0.3 is 4.74 Å². The lowest BCUT2D eigenvalue weighted by atomic mass is 10.2. The van der Waals surface area contributed by atoms with Crippen molar-refractivity contribution in [3.63, 3.8) is 0 Å². The van der Waals surface area contributed by atoms with Crippen molar-refractivity contribution in [3.05, 3.63) is 64.8 Å². The largest absolute Gasteiger partial charge is 0.497 e. The molecule has 0 unspecified atom stereocenters. The molecule has 0 saturated heterocycles. The van der Waals surface area contributed by atoms with E-state index in [0.717, 1.165) is 22.3 Å². The minimum Gasteiger partial charge on any atom is -0.497 e. The molecule has 0 aliphatic rings. The van der Waals surface area contributed by atoms with Crippen LogP contribution >= 0.6 is 11.6 Å². The average Bonchev–Trinajstić information content (AvgIpc) is 2.82. The summed E-state index contributed by atoms with van der Waals surface area (Å²) < 4.78 is 6.85. The van der Waals surface area contributed by atoms with Gasteiger partial charge in [-0.1, -0.05) is 11.6 Å². The molecule has 0 fully saturated rings. The summed E-state index contributed by atoms with van der Waals surface area (Å²) in [6, 6.07) is 15.6. The predicted octanol–water partition coefficient (Wildman–Crippen LogP) is 4.10. The number of hydrogen-bond donors (Lipinski definition) is 0. The molecule has 3 rings (SSSR count). The smallest absolute Gasteiger partial charge is 0.262 e. The summed E-state index contributed by atoms with van der Waals surface area (Å²) in [5.41, 5.74) is 2.16. The summed E-state index contributed by atoms with van der Waals surface area (Å²) in [4.78, 5) is 12.7. The highest BCUT2D eigenvalue weighted by atomic mass is 35.5. The fourth-order valence-corrected chi connectivity index (χ4v) is 2.48. The monoisotopic (exact) mass is 298 g/mol. The van der Waals surface area contributed by atoms with Gasteiger partial charge >= 0.3 is 0 Å². The summed E-state index contributed by atoms with van der Waals surface area (Å²) in [7, 11) is 1.61. The first kappa shape index (κ1) is 13.7. The van der Waals surface area contributed by atoms with E-state index in [4.69, 9.17) is 16.3 Å². The van der Waals surface area contributed by atoms with Crippen LogP contribution in [0.15, 0.2) is 42.5 Å². The number of ether oxygens (including phenoxy) is 1. The molecule has 2 aromatic carbocycles. The van der Waals surface area contributed by atoms with Gasteiger partial charge in [0, 0.05) is 27.7 Å². The van der Waals surface area contributed by atoms with Gasteiger partial charge in [0.1, 0.15) is 5.75 Å². The van der Waals surface area contributed by atoms with Gasteiger partial charge in [-0.3, -0.25) is 9.36 Å². The summed E-state index contributed by atoms with van der Waals surface area (Å²) in [5.74, 6) is 0.649. The second kappa shape index (κ2) is 5.26. The standard InChI is InChI=1S/C17H13ClNO2/c1-11-9-13-10-15(21-2)7-8-16(13)19(11)17(20)12-3-5-14(18)6-4-12/h3-8,10H,1-2H3. The van der Waals surface area contributed by atoms with E-state index in [1.54, 1.807) is 35.9 Å². The Morgan fingerprint density at radius 2 is 1.90 bits per heavy atom. The Balaban J connectivity index is 2.13. The van der Waals surface area contributed by atoms with Gasteiger partial charge in [-0.05, 0) is 49.4 Å². The average molecular weight is 299 g/mol. The van der Waals surface area contributed by atoms with Crippen molar-refractivity contribution in [1.29, 1.82) is 0 Å². The van der Waals surface area contributed by atoms with Crippen molar-refractivity contribution in [2.24, 2.45) is 0 Å². The van der Waals surface area contributed by atoms with Crippen LogP contribution in [0, 0.1) is 13.0 Å². The number of carbonyl (C=O) groups excluding carboxylic acids is 1. The summed E-state index contributed by atoms with van der Waals surface area (Å²) >= 11 is 5.86.